The Morgan fingerprint density at radius 3 is 1.45 bits per heavy atom. The third-order valence-electron chi connectivity index (χ3n) is 1.35. The van der Waals surface area contributed by atoms with Crippen molar-refractivity contribution in [3.63, 3.8) is 0 Å². The predicted molar refractivity (Wildman–Crippen MR) is 76.4 cm³/mol. The fourth-order valence-corrected chi connectivity index (χ4v) is 0.694. The first kappa shape index (κ1) is 23.5. The SMILES string of the molecule is CC(=O)OC(C)(C)C.CCC(=O)O.CCOC(=O)CC. The lowest BCUT2D eigenvalue weighted by molar-refractivity contribution is -0.152. The van der Waals surface area contributed by atoms with Gasteiger partial charge in [0.2, 0.25) is 0 Å². The summed E-state index contributed by atoms with van der Waals surface area (Å²) in [5.41, 5.74) is -0.328. The summed E-state index contributed by atoms with van der Waals surface area (Å²) in [7, 11) is 0. The van der Waals surface area contributed by atoms with Gasteiger partial charge in [-0.1, -0.05) is 13.8 Å². The number of rotatable bonds is 3. The van der Waals surface area contributed by atoms with Gasteiger partial charge in [0.25, 0.3) is 0 Å². The summed E-state index contributed by atoms with van der Waals surface area (Å²) >= 11 is 0. The first-order valence-electron chi connectivity index (χ1n) is 6.57. The van der Waals surface area contributed by atoms with Gasteiger partial charge in [-0.15, -0.1) is 0 Å². The highest BCUT2D eigenvalue weighted by atomic mass is 16.6. The monoisotopic (exact) mass is 292 g/mol. The zero-order valence-electron chi connectivity index (χ0n) is 13.6. The van der Waals surface area contributed by atoms with Gasteiger partial charge in [-0.05, 0) is 27.7 Å². The molecule has 6 heteroatoms. The molecule has 0 aliphatic carbocycles. The lowest BCUT2D eigenvalue weighted by atomic mass is 10.2. The van der Waals surface area contributed by atoms with Crippen LogP contribution in [0.5, 0.6) is 0 Å². The van der Waals surface area contributed by atoms with E-state index in [-0.39, 0.29) is 24.0 Å². The molecular weight excluding hydrogens is 264 g/mol. The number of carbonyl (C=O) groups is 3. The molecular formula is C14H28O6. The minimum Gasteiger partial charge on any atom is -0.481 e. The van der Waals surface area contributed by atoms with Gasteiger partial charge in [0, 0.05) is 19.8 Å². The highest BCUT2D eigenvalue weighted by molar-refractivity contribution is 5.68. The topological polar surface area (TPSA) is 89.9 Å². The molecule has 0 aromatic heterocycles. The van der Waals surface area contributed by atoms with E-state index in [1.807, 2.05) is 20.8 Å². The predicted octanol–water partition coefficient (Wildman–Crippen LogP) is 2.79. The van der Waals surface area contributed by atoms with E-state index < -0.39 is 5.97 Å². The van der Waals surface area contributed by atoms with E-state index in [2.05, 4.69) is 4.74 Å². The van der Waals surface area contributed by atoms with E-state index in [0.29, 0.717) is 13.0 Å². The van der Waals surface area contributed by atoms with Crippen LogP contribution < -0.4 is 0 Å². The van der Waals surface area contributed by atoms with Crippen molar-refractivity contribution in [2.45, 2.75) is 66.9 Å². The van der Waals surface area contributed by atoms with Gasteiger partial charge in [-0.3, -0.25) is 14.4 Å². The van der Waals surface area contributed by atoms with E-state index in [1.165, 1.54) is 6.92 Å². The minimum atomic E-state index is -0.745. The summed E-state index contributed by atoms with van der Waals surface area (Å²) in [4.78, 5) is 29.8. The van der Waals surface area contributed by atoms with Crippen molar-refractivity contribution in [1.29, 1.82) is 0 Å². The molecule has 6 nitrogen and oxygen atoms in total. The van der Waals surface area contributed by atoms with E-state index in [9.17, 15) is 14.4 Å². The van der Waals surface area contributed by atoms with E-state index in [1.54, 1.807) is 20.8 Å². The van der Waals surface area contributed by atoms with Gasteiger partial charge in [0.1, 0.15) is 5.60 Å². The van der Waals surface area contributed by atoms with Crippen LogP contribution in [0, 0.1) is 0 Å². The highest BCUT2D eigenvalue weighted by Crippen LogP contribution is 2.05. The van der Waals surface area contributed by atoms with Crippen molar-refractivity contribution >= 4 is 17.9 Å². The Balaban J connectivity index is -0.000000223. The standard InChI is InChI=1S/C6H12O2.C5H10O2.C3H6O2/c1-5(7)8-6(2,3)4;1-3-5(6)7-4-2;1-2-3(4)5/h1-4H3;3-4H2,1-2H3;2H2,1H3,(H,4,5). The Morgan fingerprint density at radius 2 is 1.40 bits per heavy atom. The van der Waals surface area contributed by atoms with Gasteiger partial charge >= 0.3 is 17.9 Å². The number of hydrogen-bond donors (Lipinski definition) is 1. The van der Waals surface area contributed by atoms with Crippen molar-refractivity contribution < 1.29 is 29.0 Å². The third kappa shape index (κ3) is 36.0. The molecule has 0 spiro atoms. The number of ether oxygens (including phenoxy) is 2. The first-order valence-corrected chi connectivity index (χ1v) is 6.57. The maximum absolute atomic E-state index is 10.2. The first-order chi connectivity index (χ1) is 8.99. The van der Waals surface area contributed by atoms with Crippen LogP contribution in [0.25, 0.3) is 0 Å². The molecule has 0 amide bonds. The number of carboxylic acid groups (broad SMARTS) is 1. The van der Waals surface area contributed by atoms with Crippen LogP contribution in [-0.4, -0.2) is 35.2 Å². The molecule has 0 rings (SSSR count). The summed E-state index contributed by atoms with van der Waals surface area (Å²) in [6.45, 7) is 12.6. The highest BCUT2D eigenvalue weighted by Gasteiger charge is 2.11. The van der Waals surface area contributed by atoms with Crippen molar-refractivity contribution in [3.8, 4) is 0 Å². The Kier molecular flexibility index (Phi) is 16.3. The van der Waals surface area contributed by atoms with E-state index in [0.717, 1.165) is 0 Å². The van der Waals surface area contributed by atoms with Crippen LogP contribution in [0.3, 0.4) is 0 Å². The fraction of sp³-hybridized carbons (Fsp3) is 0.786. The summed E-state index contributed by atoms with van der Waals surface area (Å²) in [6.07, 6.45) is 0.702. The molecule has 0 aromatic carbocycles. The third-order valence-corrected chi connectivity index (χ3v) is 1.35. The minimum absolute atomic E-state index is 0.123. The number of carbonyl (C=O) groups excluding carboxylic acids is 2. The molecule has 20 heavy (non-hydrogen) atoms. The summed E-state index contributed by atoms with van der Waals surface area (Å²) < 4.78 is 9.35. The number of esters is 2. The summed E-state index contributed by atoms with van der Waals surface area (Å²) in [5, 5.41) is 7.72. The van der Waals surface area contributed by atoms with E-state index in [4.69, 9.17) is 9.84 Å². The second-order valence-electron chi connectivity index (χ2n) is 4.61. The maximum atomic E-state index is 10.2. The van der Waals surface area contributed by atoms with Gasteiger partial charge in [-0.25, -0.2) is 0 Å². The molecule has 0 radical (unpaired) electrons. The quantitative estimate of drug-likeness (QED) is 0.804. The molecule has 0 aliphatic rings. The normalized spacial score (nSPS) is 9.15. The lowest BCUT2D eigenvalue weighted by Gasteiger charge is -2.17. The summed E-state index contributed by atoms with van der Waals surface area (Å²) in [5.74, 6) is -1.09. The van der Waals surface area contributed by atoms with Crippen LogP contribution in [0.1, 0.15) is 61.3 Å². The molecule has 0 unspecified atom stereocenters. The molecule has 0 atom stereocenters. The van der Waals surface area contributed by atoms with Gasteiger partial charge in [-0.2, -0.15) is 0 Å². The second-order valence-corrected chi connectivity index (χ2v) is 4.61. The van der Waals surface area contributed by atoms with Crippen LogP contribution in [0.4, 0.5) is 0 Å². The molecule has 0 aliphatic heterocycles. The Morgan fingerprint density at radius 1 is 1.00 bits per heavy atom. The number of aliphatic carboxylic acids is 1. The largest absolute Gasteiger partial charge is 0.481 e. The van der Waals surface area contributed by atoms with Crippen molar-refractivity contribution in [2.75, 3.05) is 6.61 Å². The molecule has 0 heterocycles. The molecule has 120 valence electrons. The zero-order valence-corrected chi connectivity index (χ0v) is 13.6. The molecule has 1 N–H and O–H groups in total. The second kappa shape index (κ2) is 13.8. The smallest absolute Gasteiger partial charge is 0.305 e. The molecule has 0 fully saturated rings. The molecule has 0 aromatic rings. The number of carboxylic acids is 1. The average molecular weight is 292 g/mol. The van der Waals surface area contributed by atoms with Gasteiger partial charge in [0.15, 0.2) is 0 Å². The average Bonchev–Trinajstić information content (AvgIpc) is 2.27. The molecule has 0 saturated carbocycles. The molecule has 0 saturated heterocycles. The zero-order chi connectivity index (χ0) is 16.8. The Hall–Kier alpha value is -1.59. The number of hydrogen-bond acceptors (Lipinski definition) is 5. The fourth-order valence-electron chi connectivity index (χ4n) is 0.694. The van der Waals surface area contributed by atoms with Crippen molar-refractivity contribution in [3.05, 3.63) is 0 Å². The summed E-state index contributed by atoms with van der Waals surface area (Å²) in [6, 6.07) is 0. The van der Waals surface area contributed by atoms with Crippen LogP contribution in [0.15, 0.2) is 0 Å². The van der Waals surface area contributed by atoms with Gasteiger partial charge in [0.05, 0.1) is 6.61 Å². The maximum Gasteiger partial charge on any atom is 0.305 e. The van der Waals surface area contributed by atoms with Crippen LogP contribution in [0.2, 0.25) is 0 Å². The van der Waals surface area contributed by atoms with Crippen LogP contribution >= 0.6 is 0 Å². The van der Waals surface area contributed by atoms with E-state index >= 15 is 0 Å². The Labute approximate surface area is 121 Å². The molecule has 0 bridgehead atoms. The van der Waals surface area contributed by atoms with Crippen molar-refractivity contribution in [1.82, 2.24) is 0 Å². The lowest BCUT2D eigenvalue weighted by Crippen LogP contribution is -2.21. The van der Waals surface area contributed by atoms with Gasteiger partial charge < -0.3 is 14.6 Å². The van der Waals surface area contributed by atoms with Crippen molar-refractivity contribution in [2.24, 2.45) is 0 Å². The Bertz CT molecular complexity index is 278. The van der Waals surface area contributed by atoms with Crippen LogP contribution in [-0.2, 0) is 23.9 Å².